The molecule has 0 aliphatic carbocycles. The predicted molar refractivity (Wildman–Crippen MR) is 110 cm³/mol. The van der Waals surface area contributed by atoms with E-state index in [1.807, 2.05) is 61.5 Å². The molecule has 0 saturated carbocycles. The lowest BCUT2D eigenvalue weighted by atomic mass is 10.3. The lowest BCUT2D eigenvalue weighted by Gasteiger charge is -2.06. The van der Waals surface area contributed by atoms with Crippen LogP contribution in [0, 0.1) is 0 Å². The molecule has 0 radical (unpaired) electrons. The fraction of sp³-hybridized carbons (Fsp3) is 0.211. The number of hydrogen-bond donors (Lipinski definition) is 2. The van der Waals surface area contributed by atoms with Gasteiger partial charge in [0, 0.05) is 12.2 Å². The highest BCUT2D eigenvalue weighted by Crippen LogP contribution is 2.29. The first kappa shape index (κ1) is 19.2. The second-order valence-corrected chi connectivity index (χ2v) is 7.78. The van der Waals surface area contributed by atoms with Gasteiger partial charge in [-0.05, 0) is 42.8 Å². The van der Waals surface area contributed by atoms with E-state index in [4.69, 9.17) is 4.74 Å². The van der Waals surface area contributed by atoms with Crippen molar-refractivity contribution in [3.8, 4) is 11.5 Å². The normalized spacial score (nSPS) is 10.4. The van der Waals surface area contributed by atoms with Crippen LogP contribution < -0.4 is 15.4 Å². The van der Waals surface area contributed by atoms with E-state index in [0.29, 0.717) is 17.4 Å². The number of anilines is 2. The molecule has 27 heavy (non-hydrogen) atoms. The maximum Gasteiger partial charge on any atom is 0.230 e. The minimum absolute atomic E-state index is 0.0144. The Hall–Kier alpha value is -2.58. The SMILES string of the molecule is CCCNC(=O)CSc1nnc(Nc2ccc(Oc3ccccc3)cc2)s1. The Kier molecular flexibility index (Phi) is 7.06. The highest BCUT2D eigenvalue weighted by atomic mass is 32.2. The Morgan fingerprint density at radius 3 is 2.56 bits per heavy atom. The van der Waals surface area contributed by atoms with Gasteiger partial charge < -0.3 is 15.4 Å². The summed E-state index contributed by atoms with van der Waals surface area (Å²) in [6, 6.07) is 17.3. The van der Waals surface area contributed by atoms with Gasteiger partial charge in [-0.25, -0.2) is 0 Å². The van der Waals surface area contributed by atoms with Gasteiger partial charge in [-0.15, -0.1) is 10.2 Å². The van der Waals surface area contributed by atoms with Crippen LogP contribution in [0.15, 0.2) is 58.9 Å². The molecular formula is C19H20N4O2S2. The van der Waals surface area contributed by atoms with E-state index in [1.165, 1.54) is 23.1 Å². The van der Waals surface area contributed by atoms with Gasteiger partial charge in [0.2, 0.25) is 11.0 Å². The van der Waals surface area contributed by atoms with Crippen molar-refractivity contribution < 1.29 is 9.53 Å². The van der Waals surface area contributed by atoms with Crippen molar-refractivity contribution in [3.05, 3.63) is 54.6 Å². The molecule has 140 valence electrons. The van der Waals surface area contributed by atoms with E-state index in [0.717, 1.165) is 27.9 Å². The summed E-state index contributed by atoms with van der Waals surface area (Å²) < 4.78 is 6.53. The Balaban J connectivity index is 1.50. The summed E-state index contributed by atoms with van der Waals surface area (Å²) in [5.41, 5.74) is 0.892. The summed E-state index contributed by atoms with van der Waals surface area (Å²) in [4.78, 5) is 11.6. The minimum atomic E-state index is 0.0144. The molecule has 0 aliphatic rings. The van der Waals surface area contributed by atoms with Crippen LogP contribution in [0.2, 0.25) is 0 Å². The highest BCUT2D eigenvalue weighted by molar-refractivity contribution is 8.01. The Bertz CT molecular complexity index is 854. The first-order chi connectivity index (χ1) is 13.2. The third-order valence-corrected chi connectivity index (χ3v) is 5.36. The molecule has 1 aromatic heterocycles. The van der Waals surface area contributed by atoms with Gasteiger partial charge >= 0.3 is 0 Å². The fourth-order valence-corrected chi connectivity index (χ4v) is 3.72. The molecule has 0 fully saturated rings. The van der Waals surface area contributed by atoms with Crippen LogP contribution in [0.25, 0.3) is 0 Å². The first-order valence-corrected chi connectivity index (χ1v) is 10.4. The third-order valence-electron chi connectivity index (χ3n) is 3.39. The van der Waals surface area contributed by atoms with Gasteiger partial charge in [-0.2, -0.15) is 0 Å². The van der Waals surface area contributed by atoms with E-state index >= 15 is 0 Å². The molecule has 3 aromatic rings. The highest BCUT2D eigenvalue weighted by Gasteiger charge is 2.08. The number of carbonyl (C=O) groups is 1. The number of thioether (sulfide) groups is 1. The number of carbonyl (C=O) groups excluding carboxylic acids is 1. The summed E-state index contributed by atoms with van der Waals surface area (Å²) >= 11 is 2.81. The molecule has 1 heterocycles. The molecule has 6 nitrogen and oxygen atoms in total. The Morgan fingerprint density at radius 1 is 1.07 bits per heavy atom. The number of hydrogen-bond acceptors (Lipinski definition) is 7. The quantitative estimate of drug-likeness (QED) is 0.508. The van der Waals surface area contributed by atoms with Gasteiger partial charge in [-0.1, -0.05) is 48.2 Å². The third kappa shape index (κ3) is 6.26. The molecule has 0 saturated heterocycles. The summed E-state index contributed by atoms with van der Waals surface area (Å²) in [7, 11) is 0. The average Bonchev–Trinajstić information content (AvgIpc) is 3.14. The number of nitrogens with zero attached hydrogens (tertiary/aromatic N) is 2. The molecular weight excluding hydrogens is 380 g/mol. The van der Waals surface area contributed by atoms with Crippen molar-refractivity contribution in [2.24, 2.45) is 0 Å². The van der Waals surface area contributed by atoms with Crippen LogP contribution in [-0.4, -0.2) is 28.4 Å². The number of ether oxygens (including phenoxy) is 1. The summed E-state index contributed by atoms with van der Waals surface area (Å²) in [6.45, 7) is 2.72. The molecule has 1 amide bonds. The van der Waals surface area contributed by atoms with Gasteiger partial charge in [0.25, 0.3) is 0 Å². The smallest absolute Gasteiger partial charge is 0.230 e. The van der Waals surface area contributed by atoms with Crippen molar-refractivity contribution in [1.82, 2.24) is 15.5 Å². The fourth-order valence-electron chi connectivity index (χ4n) is 2.12. The van der Waals surface area contributed by atoms with Gasteiger partial charge in [0.05, 0.1) is 5.75 Å². The van der Waals surface area contributed by atoms with Crippen LogP contribution in [-0.2, 0) is 4.79 Å². The number of nitrogens with one attached hydrogen (secondary N) is 2. The maximum absolute atomic E-state index is 11.6. The molecule has 2 N–H and O–H groups in total. The van der Waals surface area contributed by atoms with Crippen LogP contribution >= 0.6 is 23.1 Å². The monoisotopic (exact) mass is 400 g/mol. The number of amides is 1. The molecule has 0 spiro atoms. The van der Waals surface area contributed by atoms with Crippen LogP contribution in [0.5, 0.6) is 11.5 Å². The van der Waals surface area contributed by atoms with E-state index < -0.39 is 0 Å². The molecule has 0 bridgehead atoms. The predicted octanol–water partition coefficient (Wildman–Crippen LogP) is 4.69. The molecule has 8 heteroatoms. The largest absolute Gasteiger partial charge is 0.457 e. The van der Waals surface area contributed by atoms with Crippen LogP contribution in [0.3, 0.4) is 0 Å². The minimum Gasteiger partial charge on any atom is -0.457 e. The molecule has 0 unspecified atom stereocenters. The lowest BCUT2D eigenvalue weighted by molar-refractivity contribution is -0.118. The van der Waals surface area contributed by atoms with Gasteiger partial charge in [0.15, 0.2) is 4.34 Å². The van der Waals surface area contributed by atoms with E-state index in [1.54, 1.807) is 0 Å². The van der Waals surface area contributed by atoms with Gasteiger partial charge in [0.1, 0.15) is 11.5 Å². The molecule has 3 rings (SSSR count). The van der Waals surface area contributed by atoms with Crippen molar-refractivity contribution in [2.45, 2.75) is 17.7 Å². The van der Waals surface area contributed by atoms with Crippen molar-refractivity contribution in [2.75, 3.05) is 17.6 Å². The zero-order chi connectivity index (χ0) is 18.9. The van der Waals surface area contributed by atoms with Crippen LogP contribution in [0.4, 0.5) is 10.8 Å². The standard InChI is InChI=1S/C19H20N4O2S2/c1-2-12-20-17(24)13-26-19-23-22-18(27-19)21-14-8-10-16(11-9-14)25-15-6-4-3-5-7-15/h3-11H,2,12-13H2,1H3,(H,20,24)(H,21,22). The molecule has 0 aliphatic heterocycles. The van der Waals surface area contributed by atoms with E-state index in [9.17, 15) is 4.79 Å². The zero-order valence-corrected chi connectivity index (χ0v) is 16.5. The number of rotatable bonds is 9. The zero-order valence-electron chi connectivity index (χ0n) is 14.8. The number of benzene rings is 2. The van der Waals surface area contributed by atoms with Gasteiger partial charge in [-0.3, -0.25) is 4.79 Å². The topological polar surface area (TPSA) is 76.1 Å². The average molecular weight is 401 g/mol. The second kappa shape index (κ2) is 9.94. The summed E-state index contributed by atoms with van der Waals surface area (Å²) in [5.74, 6) is 1.92. The second-order valence-electron chi connectivity index (χ2n) is 5.58. The maximum atomic E-state index is 11.6. The molecule has 0 atom stereocenters. The van der Waals surface area contributed by atoms with E-state index in [2.05, 4.69) is 20.8 Å². The van der Waals surface area contributed by atoms with Crippen molar-refractivity contribution in [1.29, 1.82) is 0 Å². The number of aromatic nitrogens is 2. The van der Waals surface area contributed by atoms with Crippen molar-refractivity contribution in [3.63, 3.8) is 0 Å². The Morgan fingerprint density at radius 2 is 1.81 bits per heavy atom. The Labute approximate surface area is 166 Å². The van der Waals surface area contributed by atoms with Crippen LogP contribution in [0.1, 0.15) is 13.3 Å². The summed E-state index contributed by atoms with van der Waals surface area (Å²) in [6.07, 6.45) is 0.929. The lowest BCUT2D eigenvalue weighted by Crippen LogP contribution is -2.25. The van der Waals surface area contributed by atoms with Crippen molar-refractivity contribution >= 4 is 39.8 Å². The first-order valence-electron chi connectivity index (χ1n) is 8.56. The van der Waals surface area contributed by atoms with E-state index in [-0.39, 0.29) is 5.91 Å². The number of para-hydroxylation sites is 1. The molecule has 2 aromatic carbocycles. The summed E-state index contributed by atoms with van der Waals surface area (Å²) in [5, 5.41) is 15.0.